The van der Waals surface area contributed by atoms with E-state index in [2.05, 4.69) is 15.5 Å². The third-order valence-electron chi connectivity index (χ3n) is 4.74. The van der Waals surface area contributed by atoms with Gasteiger partial charge in [-0.2, -0.15) is 0 Å². The Kier molecular flexibility index (Phi) is 7.34. The number of thioether (sulfide) groups is 1. The van der Waals surface area contributed by atoms with Crippen LogP contribution in [-0.2, 0) is 16.1 Å². The largest absolute Gasteiger partial charge is 0.497 e. The quantitative estimate of drug-likeness (QED) is 0.398. The zero-order valence-electron chi connectivity index (χ0n) is 18.0. The Hall–Kier alpha value is -2.85. The zero-order valence-corrected chi connectivity index (χ0v) is 19.6. The molecule has 1 N–H and O–H groups in total. The van der Waals surface area contributed by atoms with Gasteiger partial charge in [0.1, 0.15) is 10.8 Å². The van der Waals surface area contributed by atoms with E-state index >= 15 is 0 Å². The van der Waals surface area contributed by atoms with Crippen LogP contribution in [-0.4, -0.2) is 46.6 Å². The summed E-state index contributed by atoms with van der Waals surface area (Å²) in [6.45, 7) is 6.41. The van der Waals surface area contributed by atoms with Gasteiger partial charge in [-0.1, -0.05) is 11.8 Å². The second-order valence-electron chi connectivity index (χ2n) is 6.59. The van der Waals surface area contributed by atoms with E-state index in [9.17, 15) is 9.59 Å². The molecule has 1 aromatic carbocycles. The molecule has 31 heavy (non-hydrogen) atoms. The number of hydrogen-bond donors (Lipinski definition) is 1. The lowest BCUT2D eigenvalue weighted by molar-refractivity contribution is -0.113. The van der Waals surface area contributed by atoms with Gasteiger partial charge in [0, 0.05) is 17.0 Å². The van der Waals surface area contributed by atoms with Gasteiger partial charge in [-0.25, -0.2) is 4.79 Å². The average molecular weight is 461 g/mol. The van der Waals surface area contributed by atoms with E-state index in [4.69, 9.17) is 9.47 Å². The Labute approximate surface area is 189 Å². The van der Waals surface area contributed by atoms with Gasteiger partial charge in [-0.05, 0) is 50.6 Å². The Morgan fingerprint density at radius 2 is 1.87 bits per heavy atom. The lowest BCUT2D eigenvalue weighted by Gasteiger charge is -2.08. The van der Waals surface area contributed by atoms with Crippen LogP contribution in [0.1, 0.15) is 27.7 Å². The zero-order chi connectivity index (χ0) is 22.5. The molecule has 164 valence electrons. The Balaban J connectivity index is 1.72. The fourth-order valence-corrected chi connectivity index (χ4v) is 4.86. The lowest BCUT2D eigenvalue weighted by Crippen LogP contribution is -2.16. The minimum Gasteiger partial charge on any atom is -0.497 e. The number of nitrogens with zero attached hydrogens (tertiary/aromatic N) is 3. The number of carbonyl (C=O) groups is 2. The van der Waals surface area contributed by atoms with Crippen LogP contribution in [0.4, 0.5) is 5.00 Å². The summed E-state index contributed by atoms with van der Waals surface area (Å²) in [7, 11) is 2.95. The van der Waals surface area contributed by atoms with Gasteiger partial charge >= 0.3 is 5.97 Å². The lowest BCUT2D eigenvalue weighted by atomic mass is 10.1. The first-order valence-electron chi connectivity index (χ1n) is 9.58. The summed E-state index contributed by atoms with van der Waals surface area (Å²) in [6.07, 6.45) is 0. The molecular formula is C21H24N4O4S2. The number of thiophene rings is 1. The molecule has 0 atom stereocenters. The number of anilines is 1. The summed E-state index contributed by atoms with van der Waals surface area (Å²) >= 11 is 2.66. The average Bonchev–Trinajstić information content (AvgIpc) is 3.31. The number of rotatable bonds is 8. The molecule has 10 heteroatoms. The Morgan fingerprint density at radius 1 is 1.16 bits per heavy atom. The molecule has 3 rings (SSSR count). The Morgan fingerprint density at radius 3 is 2.48 bits per heavy atom. The molecule has 2 heterocycles. The number of methoxy groups -OCH3 is 2. The number of hydrogen-bond acceptors (Lipinski definition) is 8. The van der Waals surface area contributed by atoms with Crippen LogP contribution in [0, 0.1) is 13.8 Å². The molecule has 0 aliphatic carbocycles. The summed E-state index contributed by atoms with van der Waals surface area (Å²) in [5.74, 6) is 0.943. The number of nitrogens with one attached hydrogen (secondary N) is 1. The van der Waals surface area contributed by atoms with Crippen LogP contribution in [0.25, 0.3) is 11.4 Å². The van der Waals surface area contributed by atoms with E-state index in [1.54, 1.807) is 7.11 Å². The van der Waals surface area contributed by atoms with Gasteiger partial charge < -0.3 is 19.4 Å². The van der Waals surface area contributed by atoms with E-state index in [0.29, 0.717) is 22.3 Å². The second kappa shape index (κ2) is 9.97. The first-order chi connectivity index (χ1) is 14.9. The van der Waals surface area contributed by atoms with E-state index in [1.807, 2.05) is 49.6 Å². The molecule has 0 saturated heterocycles. The molecule has 0 spiro atoms. The standard InChI is InChI=1S/C21H24N4O4S2/c1-6-25-18(14-7-9-15(28-4)10-8-14)23-24-21(25)30-11-16(26)22-19-17(20(27)29-5)12(2)13(3)31-19/h7-10H,6,11H2,1-5H3,(H,22,26). The maximum absolute atomic E-state index is 12.6. The normalized spacial score (nSPS) is 10.7. The monoisotopic (exact) mass is 460 g/mol. The summed E-state index contributed by atoms with van der Waals surface area (Å²) in [4.78, 5) is 25.6. The van der Waals surface area contributed by atoms with Crippen molar-refractivity contribution in [1.82, 2.24) is 14.8 Å². The third kappa shape index (κ3) is 4.91. The molecule has 0 aliphatic rings. The van der Waals surface area contributed by atoms with Crippen molar-refractivity contribution < 1.29 is 19.1 Å². The highest BCUT2D eigenvalue weighted by molar-refractivity contribution is 7.99. The van der Waals surface area contributed by atoms with Crippen molar-refractivity contribution in [3.63, 3.8) is 0 Å². The molecule has 8 nitrogen and oxygen atoms in total. The molecule has 0 aliphatic heterocycles. The second-order valence-corrected chi connectivity index (χ2v) is 8.76. The summed E-state index contributed by atoms with van der Waals surface area (Å²) in [5, 5.41) is 12.5. The maximum atomic E-state index is 12.6. The van der Waals surface area contributed by atoms with E-state index < -0.39 is 5.97 Å². The maximum Gasteiger partial charge on any atom is 0.341 e. The number of carbonyl (C=O) groups excluding carboxylic acids is 2. The predicted octanol–water partition coefficient (Wildman–Crippen LogP) is 4.17. The van der Waals surface area contributed by atoms with Gasteiger partial charge in [-0.15, -0.1) is 21.5 Å². The summed E-state index contributed by atoms with van der Waals surface area (Å²) in [5.41, 5.74) is 2.13. The summed E-state index contributed by atoms with van der Waals surface area (Å²) in [6, 6.07) is 7.58. The fraction of sp³-hybridized carbons (Fsp3) is 0.333. The van der Waals surface area contributed by atoms with E-state index in [0.717, 1.165) is 27.6 Å². The molecule has 0 fully saturated rings. The minimum absolute atomic E-state index is 0.136. The highest BCUT2D eigenvalue weighted by Gasteiger charge is 2.22. The number of aromatic nitrogens is 3. The van der Waals surface area contributed by atoms with E-state index in [1.165, 1.54) is 30.2 Å². The van der Waals surface area contributed by atoms with Crippen LogP contribution >= 0.6 is 23.1 Å². The molecule has 0 radical (unpaired) electrons. The van der Waals surface area contributed by atoms with Crippen molar-refractivity contribution in [2.45, 2.75) is 32.5 Å². The van der Waals surface area contributed by atoms with Crippen LogP contribution in [0.2, 0.25) is 0 Å². The highest BCUT2D eigenvalue weighted by atomic mass is 32.2. The molecule has 0 unspecified atom stereocenters. The van der Waals surface area contributed by atoms with Crippen molar-refractivity contribution >= 4 is 40.0 Å². The van der Waals surface area contributed by atoms with Crippen LogP contribution in [0.15, 0.2) is 29.4 Å². The van der Waals surface area contributed by atoms with Gasteiger partial charge in [0.25, 0.3) is 0 Å². The first-order valence-corrected chi connectivity index (χ1v) is 11.4. The number of benzene rings is 1. The van der Waals surface area contributed by atoms with Gasteiger partial charge in [0.15, 0.2) is 11.0 Å². The van der Waals surface area contributed by atoms with Crippen LogP contribution in [0.3, 0.4) is 0 Å². The van der Waals surface area contributed by atoms with Crippen molar-refractivity contribution in [2.75, 3.05) is 25.3 Å². The number of esters is 1. The topological polar surface area (TPSA) is 95.3 Å². The van der Waals surface area contributed by atoms with Crippen LogP contribution < -0.4 is 10.1 Å². The van der Waals surface area contributed by atoms with Crippen molar-refractivity contribution in [3.05, 3.63) is 40.3 Å². The van der Waals surface area contributed by atoms with Crippen LogP contribution in [0.5, 0.6) is 5.75 Å². The van der Waals surface area contributed by atoms with Gasteiger partial charge in [-0.3, -0.25) is 4.79 Å². The highest BCUT2D eigenvalue weighted by Crippen LogP contribution is 2.33. The number of amides is 1. The number of aryl methyl sites for hydroxylation is 1. The van der Waals surface area contributed by atoms with Crippen molar-refractivity contribution in [2.24, 2.45) is 0 Å². The molecule has 1 amide bonds. The van der Waals surface area contributed by atoms with Gasteiger partial charge in [0.2, 0.25) is 5.91 Å². The Bertz CT molecular complexity index is 1090. The fourth-order valence-electron chi connectivity index (χ4n) is 2.99. The SMILES string of the molecule is CCn1c(SCC(=O)Nc2sc(C)c(C)c2C(=O)OC)nnc1-c1ccc(OC)cc1. The van der Waals surface area contributed by atoms with Gasteiger partial charge in [0.05, 0.1) is 25.5 Å². The van der Waals surface area contributed by atoms with Crippen molar-refractivity contribution in [3.8, 4) is 17.1 Å². The van der Waals surface area contributed by atoms with Crippen molar-refractivity contribution in [1.29, 1.82) is 0 Å². The molecule has 3 aromatic rings. The number of ether oxygens (including phenoxy) is 2. The van der Waals surface area contributed by atoms with E-state index in [-0.39, 0.29) is 11.7 Å². The smallest absolute Gasteiger partial charge is 0.341 e. The molecular weight excluding hydrogens is 436 g/mol. The molecule has 0 saturated carbocycles. The molecule has 0 bridgehead atoms. The predicted molar refractivity (Wildman–Crippen MR) is 122 cm³/mol. The summed E-state index contributed by atoms with van der Waals surface area (Å²) < 4.78 is 12.0. The molecule has 2 aromatic heterocycles. The minimum atomic E-state index is -0.459. The third-order valence-corrected chi connectivity index (χ3v) is 6.83. The first kappa shape index (κ1) is 22.8.